The Morgan fingerprint density at radius 2 is 1.92 bits per heavy atom. The molecule has 1 aliphatic rings. The molecule has 13 heteroatoms. The fraction of sp³-hybridized carbons (Fsp3) is 0.261. The summed E-state index contributed by atoms with van der Waals surface area (Å²) in [4.78, 5) is 65.6. The van der Waals surface area contributed by atoms with Crippen LogP contribution in [0.15, 0.2) is 60.6 Å². The van der Waals surface area contributed by atoms with Gasteiger partial charge in [-0.3, -0.25) is 24.5 Å². The molecule has 1 fully saturated rings. The van der Waals surface area contributed by atoms with Crippen molar-refractivity contribution in [1.82, 2.24) is 20.5 Å². The van der Waals surface area contributed by atoms with Crippen molar-refractivity contribution in [1.29, 1.82) is 0 Å². The van der Waals surface area contributed by atoms with E-state index in [1.165, 1.54) is 42.3 Å². The van der Waals surface area contributed by atoms with Gasteiger partial charge >= 0.3 is 11.7 Å². The number of anilines is 1. The number of nitrogens with one attached hydrogen (secondary N) is 3. The van der Waals surface area contributed by atoms with Crippen LogP contribution in [-0.2, 0) is 14.4 Å². The quantitative estimate of drug-likeness (QED) is 0.225. The molecule has 13 nitrogen and oxygen atoms in total. The summed E-state index contributed by atoms with van der Waals surface area (Å²) in [5.41, 5.74) is -0.467. The summed E-state index contributed by atoms with van der Waals surface area (Å²) >= 11 is 0. The van der Waals surface area contributed by atoms with E-state index >= 15 is 0 Å². The van der Waals surface area contributed by atoms with Gasteiger partial charge in [0.25, 0.3) is 11.8 Å². The third-order valence-corrected chi connectivity index (χ3v) is 5.40. The van der Waals surface area contributed by atoms with E-state index in [-0.39, 0.29) is 29.3 Å². The molecule has 36 heavy (non-hydrogen) atoms. The Labute approximate surface area is 205 Å². The fourth-order valence-electron chi connectivity index (χ4n) is 3.61. The SMILES string of the molecule is C[C@H](NC(=O)/C(=C/Nc1ncccc1[N+](=O)[O-])NC(=O)c1ccccc1)C(=O)N1CCC[C@H]1C(=O)O. The van der Waals surface area contributed by atoms with Gasteiger partial charge in [0.15, 0.2) is 0 Å². The standard InChI is InChI=1S/C23H24N6O7/c1-14(22(32)28-12-6-10-18(28)23(33)34)26-21(31)16(27-20(30)15-7-3-2-4-8-15)13-25-19-17(29(35)36)9-5-11-24-19/h2-5,7-9,11,13-14,18H,6,10,12H2,1H3,(H,24,25)(H,26,31)(H,27,30)(H,33,34)/b16-13-/t14-,18-/m0/s1. The fourth-order valence-corrected chi connectivity index (χ4v) is 3.61. The number of benzene rings is 1. The molecule has 3 amide bonds. The Morgan fingerprint density at radius 1 is 1.19 bits per heavy atom. The normalized spacial score (nSPS) is 16.1. The number of carbonyl (C=O) groups is 4. The summed E-state index contributed by atoms with van der Waals surface area (Å²) in [6.07, 6.45) is 3.17. The van der Waals surface area contributed by atoms with Gasteiger partial charge in [0.2, 0.25) is 11.7 Å². The molecular weight excluding hydrogens is 472 g/mol. The number of aromatic nitrogens is 1. The molecule has 0 aliphatic carbocycles. The predicted molar refractivity (Wildman–Crippen MR) is 126 cm³/mol. The molecule has 0 saturated carbocycles. The highest BCUT2D eigenvalue weighted by Gasteiger charge is 2.36. The maximum Gasteiger partial charge on any atom is 0.326 e. The summed E-state index contributed by atoms with van der Waals surface area (Å²) in [6.45, 7) is 1.64. The highest BCUT2D eigenvalue weighted by atomic mass is 16.6. The van der Waals surface area contributed by atoms with Crippen LogP contribution in [0.3, 0.4) is 0 Å². The lowest BCUT2D eigenvalue weighted by molar-refractivity contribution is -0.384. The number of pyridine rings is 1. The first-order valence-corrected chi connectivity index (χ1v) is 11.0. The Hall–Kier alpha value is -4.81. The van der Waals surface area contributed by atoms with Crippen LogP contribution >= 0.6 is 0 Å². The molecule has 1 saturated heterocycles. The minimum atomic E-state index is -1.13. The smallest absolute Gasteiger partial charge is 0.326 e. The van der Waals surface area contributed by atoms with E-state index < -0.39 is 40.7 Å². The van der Waals surface area contributed by atoms with Gasteiger partial charge in [-0.25, -0.2) is 9.78 Å². The third-order valence-electron chi connectivity index (χ3n) is 5.40. The minimum absolute atomic E-state index is 0.174. The van der Waals surface area contributed by atoms with Crippen LogP contribution in [0, 0.1) is 10.1 Å². The number of likely N-dealkylation sites (tertiary alicyclic amines) is 1. The van der Waals surface area contributed by atoms with Gasteiger partial charge < -0.3 is 26.0 Å². The average Bonchev–Trinajstić information content (AvgIpc) is 3.37. The van der Waals surface area contributed by atoms with E-state index in [0.29, 0.717) is 12.8 Å². The molecular formula is C23H24N6O7. The molecule has 0 unspecified atom stereocenters. The molecule has 2 aromatic rings. The van der Waals surface area contributed by atoms with Crippen LogP contribution in [0.4, 0.5) is 11.5 Å². The van der Waals surface area contributed by atoms with Crippen molar-refractivity contribution >= 4 is 35.2 Å². The van der Waals surface area contributed by atoms with Crippen molar-refractivity contribution in [3.8, 4) is 0 Å². The molecule has 0 radical (unpaired) electrons. The molecule has 188 valence electrons. The number of amides is 3. The second-order valence-electron chi connectivity index (χ2n) is 7.87. The minimum Gasteiger partial charge on any atom is -0.480 e. The maximum absolute atomic E-state index is 13.0. The Balaban J connectivity index is 1.81. The molecule has 4 N–H and O–H groups in total. The lowest BCUT2D eigenvalue weighted by atomic mass is 10.2. The molecule has 2 atom stereocenters. The number of hydrogen-bond acceptors (Lipinski definition) is 8. The van der Waals surface area contributed by atoms with E-state index in [9.17, 15) is 34.4 Å². The highest BCUT2D eigenvalue weighted by molar-refractivity contribution is 6.04. The molecule has 1 aliphatic heterocycles. The van der Waals surface area contributed by atoms with Crippen molar-refractivity contribution in [3.05, 3.63) is 76.2 Å². The molecule has 0 bridgehead atoms. The van der Waals surface area contributed by atoms with Gasteiger partial charge in [-0.15, -0.1) is 0 Å². The first-order chi connectivity index (χ1) is 17.2. The van der Waals surface area contributed by atoms with Gasteiger partial charge in [0.1, 0.15) is 17.8 Å². The Morgan fingerprint density at radius 3 is 2.58 bits per heavy atom. The third kappa shape index (κ3) is 6.20. The molecule has 1 aromatic heterocycles. The summed E-state index contributed by atoms with van der Waals surface area (Å²) in [6, 6.07) is 8.50. The topological polar surface area (TPSA) is 184 Å². The van der Waals surface area contributed by atoms with E-state index in [0.717, 1.165) is 6.20 Å². The first kappa shape index (κ1) is 25.8. The van der Waals surface area contributed by atoms with E-state index in [4.69, 9.17) is 0 Å². The monoisotopic (exact) mass is 496 g/mol. The van der Waals surface area contributed by atoms with E-state index in [1.807, 2.05) is 0 Å². The van der Waals surface area contributed by atoms with Gasteiger partial charge in [0.05, 0.1) is 4.92 Å². The van der Waals surface area contributed by atoms with Crippen LogP contribution in [0.5, 0.6) is 0 Å². The summed E-state index contributed by atoms with van der Waals surface area (Å²) in [7, 11) is 0. The second kappa shape index (κ2) is 11.6. The highest BCUT2D eigenvalue weighted by Crippen LogP contribution is 2.21. The molecule has 3 rings (SSSR count). The van der Waals surface area contributed by atoms with Crippen LogP contribution < -0.4 is 16.0 Å². The van der Waals surface area contributed by atoms with Crippen molar-refractivity contribution in [2.24, 2.45) is 0 Å². The molecule has 2 heterocycles. The van der Waals surface area contributed by atoms with Gasteiger partial charge in [0, 0.05) is 30.6 Å². The van der Waals surface area contributed by atoms with Crippen LogP contribution in [0.2, 0.25) is 0 Å². The van der Waals surface area contributed by atoms with Gasteiger partial charge in [-0.2, -0.15) is 0 Å². The number of rotatable bonds is 9. The zero-order valence-corrected chi connectivity index (χ0v) is 19.2. The van der Waals surface area contributed by atoms with Crippen LogP contribution in [-0.4, -0.2) is 62.2 Å². The number of hydrogen-bond donors (Lipinski definition) is 4. The summed E-state index contributed by atoms with van der Waals surface area (Å²) < 4.78 is 0. The van der Waals surface area contributed by atoms with Gasteiger partial charge in [-0.1, -0.05) is 18.2 Å². The van der Waals surface area contributed by atoms with Crippen LogP contribution in [0.1, 0.15) is 30.1 Å². The second-order valence-corrected chi connectivity index (χ2v) is 7.87. The lowest BCUT2D eigenvalue weighted by Crippen LogP contribution is -2.51. The number of aliphatic carboxylic acids is 1. The van der Waals surface area contributed by atoms with Crippen molar-refractivity contribution in [2.45, 2.75) is 31.8 Å². The number of nitro groups is 1. The lowest BCUT2D eigenvalue weighted by Gasteiger charge is -2.25. The summed E-state index contributed by atoms with van der Waals surface area (Å²) in [5.74, 6) is -3.41. The Bertz CT molecular complexity index is 1200. The Kier molecular flexibility index (Phi) is 8.28. The number of carboxylic acid groups (broad SMARTS) is 1. The zero-order valence-electron chi connectivity index (χ0n) is 19.2. The van der Waals surface area contributed by atoms with Crippen molar-refractivity contribution in [3.63, 3.8) is 0 Å². The number of nitrogens with zero attached hydrogens (tertiary/aromatic N) is 3. The zero-order chi connectivity index (χ0) is 26.2. The van der Waals surface area contributed by atoms with Gasteiger partial charge in [-0.05, 0) is 38.0 Å². The van der Waals surface area contributed by atoms with Crippen LogP contribution in [0.25, 0.3) is 0 Å². The van der Waals surface area contributed by atoms with Crippen molar-refractivity contribution in [2.75, 3.05) is 11.9 Å². The average molecular weight is 496 g/mol. The number of carbonyl (C=O) groups excluding carboxylic acids is 3. The van der Waals surface area contributed by atoms with E-state index in [2.05, 4.69) is 20.9 Å². The van der Waals surface area contributed by atoms with E-state index in [1.54, 1.807) is 18.2 Å². The molecule has 0 spiro atoms. The largest absolute Gasteiger partial charge is 0.480 e. The maximum atomic E-state index is 13.0. The summed E-state index contributed by atoms with van der Waals surface area (Å²) in [5, 5.41) is 28.0. The molecule has 1 aromatic carbocycles. The predicted octanol–water partition coefficient (Wildman–Crippen LogP) is 1.25. The number of carboxylic acids is 1. The van der Waals surface area contributed by atoms with Crippen molar-refractivity contribution < 1.29 is 29.2 Å². The first-order valence-electron chi connectivity index (χ1n) is 11.0.